The Hall–Kier alpha value is -2.42. The van der Waals surface area contributed by atoms with Crippen molar-refractivity contribution >= 4 is 18.1 Å². The summed E-state index contributed by atoms with van der Waals surface area (Å²) in [5.74, 6) is -0.287. The summed E-state index contributed by atoms with van der Waals surface area (Å²) in [6.45, 7) is 2.18. The molecule has 1 aromatic carbocycles. The Bertz CT molecular complexity index is 559. The molecule has 0 N–H and O–H groups in total. The van der Waals surface area contributed by atoms with Gasteiger partial charge in [0, 0.05) is 12.4 Å². The molecule has 2 rings (SSSR count). The lowest BCUT2D eigenvalue weighted by Crippen LogP contribution is -2.03. The third kappa shape index (κ3) is 3.78. The molecule has 96 valence electrons. The Morgan fingerprint density at radius 1 is 1.16 bits per heavy atom. The molecule has 2 aromatic rings. The van der Waals surface area contributed by atoms with Gasteiger partial charge < -0.3 is 4.74 Å². The fourth-order valence-electron chi connectivity index (χ4n) is 1.61. The Morgan fingerprint density at radius 3 is 2.53 bits per heavy atom. The second-order valence-corrected chi connectivity index (χ2v) is 3.96. The van der Waals surface area contributed by atoms with E-state index in [0.29, 0.717) is 12.2 Å². The fourth-order valence-corrected chi connectivity index (χ4v) is 1.61. The number of esters is 1. The number of carbonyl (C=O) groups excluding carboxylic acids is 1. The van der Waals surface area contributed by atoms with Gasteiger partial charge in [-0.15, -0.1) is 0 Å². The molecule has 0 spiro atoms. The van der Waals surface area contributed by atoms with Gasteiger partial charge >= 0.3 is 5.97 Å². The van der Waals surface area contributed by atoms with Crippen LogP contribution in [0, 0.1) is 0 Å². The summed E-state index contributed by atoms with van der Waals surface area (Å²) >= 11 is 0. The van der Waals surface area contributed by atoms with E-state index < -0.39 is 0 Å². The fraction of sp³-hybridized carbons (Fsp3) is 0.125. The van der Waals surface area contributed by atoms with Gasteiger partial charge in [-0.2, -0.15) is 0 Å². The summed E-state index contributed by atoms with van der Waals surface area (Å²) in [5.41, 5.74) is 2.63. The van der Waals surface area contributed by atoms with E-state index in [1.807, 2.05) is 36.4 Å². The van der Waals surface area contributed by atoms with Crippen LogP contribution in [0.4, 0.5) is 0 Å². The quantitative estimate of drug-likeness (QED) is 0.784. The average molecular weight is 253 g/mol. The van der Waals surface area contributed by atoms with Crippen molar-refractivity contribution in [3.05, 3.63) is 65.5 Å². The minimum Gasteiger partial charge on any atom is -0.462 e. The maximum Gasteiger partial charge on any atom is 0.338 e. The lowest BCUT2D eigenvalue weighted by Gasteiger charge is -2.01. The highest BCUT2D eigenvalue weighted by Crippen LogP contribution is 2.10. The summed E-state index contributed by atoms with van der Waals surface area (Å²) in [6, 6.07) is 11.2. The van der Waals surface area contributed by atoms with E-state index in [1.165, 1.54) is 0 Å². The average Bonchev–Trinajstić information content (AvgIpc) is 2.47. The number of aromatic nitrogens is 1. The molecule has 1 aromatic heterocycles. The summed E-state index contributed by atoms with van der Waals surface area (Å²) in [6.07, 6.45) is 7.49. The first kappa shape index (κ1) is 13.0. The number of benzene rings is 1. The molecule has 0 atom stereocenters. The largest absolute Gasteiger partial charge is 0.462 e. The van der Waals surface area contributed by atoms with Crippen LogP contribution in [0.2, 0.25) is 0 Å². The van der Waals surface area contributed by atoms with E-state index in [4.69, 9.17) is 4.74 Å². The standard InChI is InChI=1S/C16H15NO2/c1-2-19-16(18)15-9-7-13(8-10-15)5-6-14-4-3-11-17-12-14/h3-12H,2H2,1H3/b6-5-. The Kier molecular flexibility index (Phi) is 4.45. The van der Waals surface area contributed by atoms with E-state index in [2.05, 4.69) is 4.98 Å². The molecule has 0 aliphatic heterocycles. The molecule has 0 unspecified atom stereocenters. The van der Waals surface area contributed by atoms with E-state index in [-0.39, 0.29) is 5.97 Å². The minimum absolute atomic E-state index is 0.287. The van der Waals surface area contributed by atoms with Gasteiger partial charge in [0.1, 0.15) is 0 Å². The number of nitrogens with zero attached hydrogens (tertiary/aromatic N) is 1. The van der Waals surface area contributed by atoms with Crippen LogP contribution in [-0.4, -0.2) is 17.6 Å². The molecule has 0 saturated carbocycles. The van der Waals surface area contributed by atoms with Gasteiger partial charge in [0.2, 0.25) is 0 Å². The molecule has 19 heavy (non-hydrogen) atoms. The van der Waals surface area contributed by atoms with Crippen LogP contribution in [0.25, 0.3) is 12.2 Å². The summed E-state index contributed by atoms with van der Waals surface area (Å²) in [5, 5.41) is 0. The first-order valence-electron chi connectivity index (χ1n) is 6.15. The number of hydrogen-bond donors (Lipinski definition) is 0. The van der Waals surface area contributed by atoms with Gasteiger partial charge in [-0.25, -0.2) is 4.79 Å². The van der Waals surface area contributed by atoms with Crippen molar-refractivity contribution in [1.82, 2.24) is 4.98 Å². The second kappa shape index (κ2) is 6.50. The first-order valence-corrected chi connectivity index (χ1v) is 6.15. The van der Waals surface area contributed by atoms with E-state index in [1.54, 1.807) is 31.5 Å². The van der Waals surface area contributed by atoms with Crippen molar-refractivity contribution in [3.8, 4) is 0 Å². The molecule has 0 aliphatic rings. The number of hydrogen-bond acceptors (Lipinski definition) is 3. The molecule has 0 radical (unpaired) electrons. The number of ether oxygens (including phenoxy) is 1. The predicted molar refractivity (Wildman–Crippen MR) is 75.6 cm³/mol. The van der Waals surface area contributed by atoms with Gasteiger partial charge in [-0.3, -0.25) is 4.98 Å². The van der Waals surface area contributed by atoms with Crippen molar-refractivity contribution in [3.63, 3.8) is 0 Å². The van der Waals surface area contributed by atoms with Crippen LogP contribution in [0.3, 0.4) is 0 Å². The van der Waals surface area contributed by atoms with Crippen molar-refractivity contribution in [2.75, 3.05) is 6.61 Å². The van der Waals surface area contributed by atoms with Crippen LogP contribution in [-0.2, 0) is 4.74 Å². The number of pyridine rings is 1. The van der Waals surface area contributed by atoms with E-state index >= 15 is 0 Å². The van der Waals surface area contributed by atoms with Crippen LogP contribution in [0.5, 0.6) is 0 Å². The summed E-state index contributed by atoms with van der Waals surface area (Å²) < 4.78 is 4.93. The Balaban J connectivity index is 2.07. The third-order valence-corrected chi connectivity index (χ3v) is 2.57. The molecule has 1 heterocycles. The van der Waals surface area contributed by atoms with Crippen LogP contribution in [0.15, 0.2) is 48.8 Å². The van der Waals surface area contributed by atoms with Crippen molar-refractivity contribution < 1.29 is 9.53 Å². The van der Waals surface area contributed by atoms with Crippen molar-refractivity contribution in [2.24, 2.45) is 0 Å². The predicted octanol–water partition coefficient (Wildman–Crippen LogP) is 3.43. The van der Waals surface area contributed by atoms with Gasteiger partial charge in [0.15, 0.2) is 0 Å². The molecular formula is C16H15NO2. The molecule has 3 nitrogen and oxygen atoms in total. The Morgan fingerprint density at radius 2 is 1.89 bits per heavy atom. The Labute approximate surface area is 112 Å². The molecular weight excluding hydrogens is 238 g/mol. The molecule has 3 heteroatoms. The van der Waals surface area contributed by atoms with Crippen LogP contribution >= 0.6 is 0 Å². The third-order valence-electron chi connectivity index (χ3n) is 2.57. The maximum absolute atomic E-state index is 11.5. The normalized spacial score (nSPS) is 10.6. The van der Waals surface area contributed by atoms with Gasteiger partial charge in [-0.1, -0.05) is 30.4 Å². The highest BCUT2D eigenvalue weighted by atomic mass is 16.5. The van der Waals surface area contributed by atoms with Crippen LogP contribution < -0.4 is 0 Å². The maximum atomic E-state index is 11.5. The van der Waals surface area contributed by atoms with Crippen molar-refractivity contribution in [1.29, 1.82) is 0 Å². The second-order valence-electron chi connectivity index (χ2n) is 3.96. The topological polar surface area (TPSA) is 39.2 Å². The zero-order valence-electron chi connectivity index (χ0n) is 10.7. The first-order chi connectivity index (χ1) is 9.29. The SMILES string of the molecule is CCOC(=O)c1ccc(/C=C\c2cccnc2)cc1. The lowest BCUT2D eigenvalue weighted by molar-refractivity contribution is 0.0526. The highest BCUT2D eigenvalue weighted by Gasteiger charge is 2.04. The molecule has 0 saturated heterocycles. The van der Waals surface area contributed by atoms with Gasteiger partial charge in [-0.05, 0) is 36.2 Å². The van der Waals surface area contributed by atoms with E-state index in [0.717, 1.165) is 11.1 Å². The molecule has 0 amide bonds. The highest BCUT2D eigenvalue weighted by molar-refractivity contribution is 5.89. The van der Waals surface area contributed by atoms with Crippen LogP contribution in [0.1, 0.15) is 28.4 Å². The molecule has 0 bridgehead atoms. The number of carbonyl (C=O) groups is 1. The smallest absolute Gasteiger partial charge is 0.338 e. The zero-order valence-corrected chi connectivity index (χ0v) is 10.7. The van der Waals surface area contributed by atoms with E-state index in [9.17, 15) is 4.79 Å². The molecule has 0 aliphatic carbocycles. The zero-order chi connectivity index (χ0) is 13.5. The molecule has 0 fully saturated rings. The lowest BCUT2D eigenvalue weighted by atomic mass is 10.1. The van der Waals surface area contributed by atoms with Crippen molar-refractivity contribution in [2.45, 2.75) is 6.92 Å². The van der Waals surface area contributed by atoms with Gasteiger partial charge in [0.05, 0.1) is 12.2 Å². The summed E-state index contributed by atoms with van der Waals surface area (Å²) in [4.78, 5) is 15.5. The number of rotatable bonds is 4. The summed E-state index contributed by atoms with van der Waals surface area (Å²) in [7, 11) is 0. The monoisotopic (exact) mass is 253 g/mol. The van der Waals surface area contributed by atoms with Gasteiger partial charge in [0.25, 0.3) is 0 Å². The minimum atomic E-state index is -0.287.